The molecule has 2 aliphatic heterocycles. The van der Waals surface area contributed by atoms with E-state index in [1.165, 1.54) is 19.3 Å². The summed E-state index contributed by atoms with van der Waals surface area (Å²) in [6.07, 6.45) is 7.03. The monoisotopic (exact) mass is 407 g/mol. The van der Waals surface area contributed by atoms with Crippen molar-refractivity contribution in [3.8, 4) is 0 Å². The molecule has 2 N–H and O–H groups in total. The van der Waals surface area contributed by atoms with Crippen molar-refractivity contribution in [2.45, 2.75) is 64.5 Å². The van der Waals surface area contributed by atoms with Gasteiger partial charge in [-0.25, -0.2) is 0 Å². The molecule has 2 saturated heterocycles. The molecule has 0 aromatic rings. The van der Waals surface area contributed by atoms with Crippen LogP contribution < -0.4 is 10.6 Å². The number of carbonyl (C=O) groups excluding carboxylic acids is 1. The minimum absolute atomic E-state index is 0.189. The molecule has 1 aliphatic carbocycles. The molecule has 0 bridgehead atoms. The van der Waals surface area contributed by atoms with Crippen LogP contribution >= 0.6 is 0 Å². The maximum Gasteiger partial charge on any atom is 0.225 e. The molecule has 0 aromatic heterocycles. The predicted molar refractivity (Wildman–Crippen MR) is 117 cm³/mol. The number of carbonyl (C=O) groups is 1. The molecule has 166 valence electrons. The minimum atomic E-state index is 0.189. The van der Waals surface area contributed by atoms with Crippen LogP contribution in [0.3, 0.4) is 0 Å². The molecule has 7 heteroatoms. The van der Waals surface area contributed by atoms with Crippen LogP contribution in [0.4, 0.5) is 0 Å². The first kappa shape index (κ1) is 22.3. The first-order valence-corrected chi connectivity index (χ1v) is 11.6. The van der Waals surface area contributed by atoms with Crippen molar-refractivity contribution < 1.29 is 9.53 Å². The van der Waals surface area contributed by atoms with Crippen LogP contribution in [-0.4, -0.2) is 86.7 Å². The van der Waals surface area contributed by atoms with Crippen molar-refractivity contribution >= 4 is 11.9 Å². The van der Waals surface area contributed by atoms with E-state index >= 15 is 0 Å². The van der Waals surface area contributed by atoms with Gasteiger partial charge in [0.05, 0.1) is 12.7 Å². The lowest BCUT2D eigenvalue weighted by Gasteiger charge is -2.34. The Kier molecular flexibility index (Phi) is 8.60. The van der Waals surface area contributed by atoms with Gasteiger partial charge < -0.3 is 20.3 Å². The molecule has 3 aliphatic rings. The highest BCUT2D eigenvalue weighted by molar-refractivity contribution is 5.81. The lowest BCUT2D eigenvalue weighted by Crippen LogP contribution is -2.51. The first-order valence-electron chi connectivity index (χ1n) is 11.6. The van der Waals surface area contributed by atoms with Crippen molar-refractivity contribution in [1.29, 1.82) is 0 Å². The fraction of sp³-hybridized carbons (Fsp3) is 0.909. The minimum Gasteiger partial charge on any atom is -0.374 e. The van der Waals surface area contributed by atoms with E-state index in [1.807, 2.05) is 7.05 Å². The van der Waals surface area contributed by atoms with Crippen molar-refractivity contribution in [1.82, 2.24) is 20.4 Å². The van der Waals surface area contributed by atoms with Gasteiger partial charge in [-0.15, -0.1) is 0 Å². The highest BCUT2D eigenvalue weighted by Gasteiger charge is 2.32. The summed E-state index contributed by atoms with van der Waals surface area (Å²) in [7, 11) is 1.81. The van der Waals surface area contributed by atoms with E-state index in [2.05, 4.69) is 39.3 Å². The summed E-state index contributed by atoms with van der Waals surface area (Å²) < 4.78 is 5.93. The number of aliphatic imine (C=N–C) groups is 1. The zero-order valence-electron chi connectivity index (χ0n) is 18.7. The standard InChI is InChI=1S/C22H41N5O2/c1-17(2)14-26-11-12-29-20(16-26)13-24-22(23-3)25-19-9-10-27(15-19)21(28)18-7-5-4-6-8-18/h17-20H,4-16H2,1-3H3,(H2,23,24,25). The van der Waals surface area contributed by atoms with Crippen LogP contribution in [0.5, 0.6) is 0 Å². The quantitative estimate of drug-likeness (QED) is 0.518. The molecule has 2 unspecified atom stereocenters. The van der Waals surface area contributed by atoms with E-state index < -0.39 is 0 Å². The fourth-order valence-corrected chi connectivity index (χ4v) is 4.87. The molecular formula is C22H41N5O2. The van der Waals surface area contributed by atoms with Crippen LogP contribution in [0.1, 0.15) is 52.4 Å². The molecule has 2 atom stereocenters. The zero-order valence-corrected chi connectivity index (χ0v) is 18.7. The van der Waals surface area contributed by atoms with Gasteiger partial charge in [0.15, 0.2) is 5.96 Å². The smallest absolute Gasteiger partial charge is 0.225 e. The van der Waals surface area contributed by atoms with Crippen LogP contribution in [0, 0.1) is 11.8 Å². The third kappa shape index (κ3) is 6.85. The summed E-state index contributed by atoms with van der Waals surface area (Å²) in [5, 5.41) is 6.94. The van der Waals surface area contributed by atoms with Gasteiger partial charge in [0, 0.05) is 58.3 Å². The molecule has 0 radical (unpaired) electrons. The molecule has 0 aromatic carbocycles. The van der Waals surface area contributed by atoms with Gasteiger partial charge in [-0.05, 0) is 25.2 Å². The number of likely N-dealkylation sites (tertiary alicyclic amines) is 1. The van der Waals surface area contributed by atoms with Gasteiger partial charge in [0.25, 0.3) is 0 Å². The van der Waals surface area contributed by atoms with Crippen LogP contribution in [0.2, 0.25) is 0 Å². The van der Waals surface area contributed by atoms with E-state index in [-0.39, 0.29) is 18.1 Å². The Morgan fingerprint density at radius 1 is 1.14 bits per heavy atom. The van der Waals surface area contributed by atoms with Gasteiger partial charge in [-0.1, -0.05) is 33.1 Å². The number of amides is 1. The average Bonchev–Trinajstić information content (AvgIpc) is 3.19. The van der Waals surface area contributed by atoms with Crippen molar-refractivity contribution in [3.63, 3.8) is 0 Å². The number of nitrogens with one attached hydrogen (secondary N) is 2. The van der Waals surface area contributed by atoms with E-state index in [1.54, 1.807) is 0 Å². The lowest BCUT2D eigenvalue weighted by atomic mass is 9.88. The number of nitrogens with zero attached hydrogens (tertiary/aromatic N) is 3. The van der Waals surface area contributed by atoms with Gasteiger partial charge in [-0.2, -0.15) is 0 Å². The van der Waals surface area contributed by atoms with Crippen LogP contribution in [-0.2, 0) is 9.53 Å². The van der Waals surface area contributed by atoms with Crippen molar-refractivity contribution in [2.75, 3.05) is 52.9 Å². The second-order valence-corrected chi connectivity index (χ2v) is 9.35. The summed E-state index contributed by atoms with van der Waals surface area (Å²) >= 11 is 0. The normalized spacial score (nSPS) is 27.4. The predicted octanol–water partition coefficient (Wildman–Crippen LogP) is 1.69. The maximum atomic E-state index is 12.8. The van der Waals surface area contributed by atoms with Crippen LogP contribution in [0.25, 0.3) is 0 Å². The Morgan fingerprint density at radius 2 is 1.93 bits per heavy atom. The summed E-state index contributed by atoms with van der Waals surface area (Å²) in [6.45, 7) is 10.8. The molecule has 3 fully saturated rings. The van der Waals surface area contributed by atoms with Gasteiger partial charge in [0.1, 0.15) is 0 Å². The Morgan fingerprint density at radius 3 is 2.66 bits per heavy atom. The second-order valence-electron chi connectivity index (χ2n) is 9.35. The number of hydrogen-bond donors (Lipinski definition) is 2. The molecule has 3 rings (SSSR count). The van der Waals surface area contributed by atoms with E-state index in [4.69, 9.17) is 4.74 Å². The van der Waals surface area contributed by atoms with Gasteiger partial charge in [0.2, 0.25) is 5.91 Å². The second kappa shape index (κ2) is 11.2. The Balaban J connectivity index is 1.39. The zero-order chi connectivity index (χ0) is 20.6. The van der Waals surface area contributed by atoms with Gasteiger partial charge in [-0.3, -0.25) is 14.7 Å². The van der Waals surface area contributed by atoms with Crippen molar-refractivity contribution in [3.05, 3.63) is 0 Å². The van der Waals surface area contributed by atoms with E-state index in [9.17, 15) is 4.79 Å². The van der Waals surface area contributed by atoms with Crippen molar-refractivity contribution in [2.24, 2.45) is 16.8 Å². The molecule has 1 saturated carbocycles. The first-order chi connectivity index (χ1) is 14.0. The summed E-state index contributed by atoms with van der Waals surface area (Å²) in [4.78, 5) is 21.7. The third-order valence-electron chi connectivity index (χ3n) is 6.36. The Labute approximate surface area is 176 Å². The Hall–Kier alpha value is -1.34. The maximum absolute atomic E-state index is 12.8. The van der Waals surface area contributed by atoms with E-state index in [0.717, 1.165) is 71.1 Å². The lowest BCUT2D eigenvalue weighted by molar-refractivity contribution is -0.135. The number of hydrogen-bond acceptors (Lipinski definition) is 4. The molecule has 1 amide bonds. The highest BCUT2D eigenvalue weighted by atomic mass is 16.5. The van der Waals surface area contributed by atoms with Crippen LogP contribution in [0.15, 0.2) is 4.99 Å². The van der Waals surface area contributed by atoms with Gasteiger partial charge >= 0.3 is 0 Å². The number of guanidine groups is 1. The number of rotatable bonds is 6. The number of morpholine rings is 1. The average molecular weight is 408 g/mol. The molecular weight excluding hydrogens is 366 g/mol. The summed E-state index contributed by atoms with van der Waals surface area (Å²) in [5.74, 6) is 2.12. The molecule has 7 nitrogen and oxygen atoms in total. The molecule has 2 heterocycles. The fourth-order valence-electron chi connectivity index (χ4n) is 4.87. The third-order valence-corrected chi connectivity index (χ3v) is 6.36. The number of ether oxygens (including phenoxy) is 1. The largest absolute Gasteiger partial charge is 0.374 e. The molecule has 29 heavy (non-hydrogen) atoms. The summed E-state index contributed by atoms with van der Waals surface area (Å²) in [5.41, 5.74) is 0. The topological polar surface area (TPSA) is 69.2 Å². The summed E-state index contributed by atoms with van der Waals surface area (Å²) in [6, 6.07) is 0.276. The molecule has 0 spiro atoms. The SMILES string of the molecule is CN=C(NCC1CN(CC(C)C)CCO1)NC1CCN(C(=O)C2CCCCC2)C1. The Bertz CT molecular complexity index is 547. The highest BCUT2D eigenvalue weighted by Crippen LogP contribution is 2.26. The van der Waals surface area contributed by atoms with E-state index in [0.29, 0.717) is 11.8 Å².